The van der Waals surface area contributed by atoms with Crippen molar-refractivity contribution in [3.8, 4) is 22.2 Å². The number of thiophene rings is 1. The minimum atomic E-state index is -0.0242. The zero-order valence-electron chi connectivity index (χ0n) is 14.6. The average Bonchev–Trinajstić information content (AvgIpc) is 3.37. The summed E-state index contributed by atoms with van der Waals surface area (Å²) in [6.45, 7) is 4.10. The highest BCUT2D eigenvalue weighted by Crippen LogP contribution is 2.36. The van der Waals surface area contributed by atoms with E-state index in [1.165, 1.54) is 5.56 Å². The van der Waals surface area contributed by atoms with E-state index in [9.17, 15) is 0 Å². The molecule has 0 amide bonds. The molecular formula is C18H17N5OS2. The normalized spacial score (nSPS) is 12.4. The highest BCUT2D eigenvalue weighted by atomic mass is 32.2. The summed E-state index contributed by atoms with van der Waals surface area (Å²) >= 11 is 3.13. The van der Waals surface area contributed by atoms with E-state index in [4.69, 9.17) is 4.42 Å². The Bertz CT molecular complexity index is 1020. The maximum absolute atomic E-state index is 5.82. The van der Waals surface area contributed by atoms with Gasteiger partial charge < -0.3 is 8.98 Å². The zero-order valence-corrected chi connectivity index (χ0v) is 16.2. The number of rotatable bonds is 5. The maximum Gasteiger partial charge on any atom is 0.257 e. The van der Waals surface area contributed by atoms with Gasteiger partial charge in [-0.15, -0.1) is 31.7 Å². The monoisotopic (exact) mass is 383 g/mol. The highest BCUT2D eigenvalue weighted by Gasteiger charge is 2.20. The molecular weight excluding hydrogens is 366 g/mol. The topological polar surface area (TPSA) is 69.6 Å². The molecule has 0 aliphatic heterocycles. The van der Waals surface area contributed by atoms with Gasteiger partial charge in [-0.2, -0.15) is 0 Å². The van der Waals surface area contributed by atoms with E-state index in [1.807, 2.05) is 48.2 Å². The van der Waals surface area contributed by atoms with Gasteiger partial charge in [-0.3, -0.25) is 0 Å². The van der Waals surface area contributed by atoms with Crippen LogP contribution in [0.25, 0.3) is 22.2 Å². The van der Waals surface area contributed by atoms with Crippen LogP contribution >= 0.6 is 23.1 Å². The molecule has 0 N–H and O–H groups in total. The number of aryl methyl sites for hydroxylation is 1. The van der Waals surface area contributed by atoms with E-state index < -0.39 is 0 Å². The Labute approximate surface area is 159 Å². The van der Waals surface area contributed by atoms with Crippen LogP contribution in [0.15, 0.2) is 51.4 Å². The second-order valence-electron chi connectivity index (χ2n) is 5.86. The summed E-state index contributed by atoms with van der Waals surface area (Å²) in [5.74, 6) is 1.99. The van der Waals surface area contributed by atoms with Gasteiger partial charge >= 0.3 is 0 Å². The zero-order chi connectivity index (χ0) is 18.1. The van der Waals surface area contributed by atoms with Crippen LogP contribution in [-0.2, 0) is 7.05 Å². The molecule has 3 heterocycles. The van der Waals surface area contributed by atoms with Gasteiger partial charge in [-0.1, -0.05) is 42.1 Å². The lowest BCUT2D eigenvalue weighted by Gasteiger charge is -2.08. The molecule has 0 radical (unpaired) electrons. The van der Waals surface area contributed by atoms with E-state index >= 15 is 0 Å². The molecule has 0 fully saturated rings. The van der Waals surface area contributed by atoms with Crippen LogP contribution in [0, 0.1) is 6.92 Å². The van der Waals surface area contributed by atoms with Crippen molar-refractivity contribution in [3.05, 3.63) is 53.2 Å². The van der Waals surface area contributed by atoms with Gasteiger partial charge in [-0.25, -0.2) is 0 Å². The van der Waals surface area contributed by atoms with Gasteiger partial charge in [0.2, 0.25) is 5.89 Å². The summed E-state index contributed by atoms with van der Waals surface area (Å²) in [4.78, 5) is 0.974. The lowest BCUT2D eigenvalue weighted by Crippen LogP contribution is -1.98. The van der Waals surface area contributed by atoms with Crippen LogP contribution in [0.1, 0.15) is 23.6 Å². The van der Waals surface area contributed by atoms with Crippen molar-refractivity contribution in [2.45, 2.75) is 24.3 Å². The molecule has 8 heteroatoms. The summed E-state index contributed by atoms with van der Waals surface area (Å²) in [7, 11) is 1.97. The second-order valence-corrected chi connectivity index (χ2v) is 8.12. The van der Waals surface area contributed by atoms with Crippen molar-refractivity contribution in [2.24, 2.45) is 7.05 Å². The standard InChI is InChI=1S/C18H17N5OS2/c1-11-7-4-5-8-13(11)15-19-22-18(23(15)3)26-12(2)16-20-21-17(24-16)14-9-6-10-25-14/h4-10,12H,1-3H3/t12-/m0/s1. The number of benzene rings is 1. The van der Waals surface area contributed by atoms with Crippen LogP contribution in [0.5, 0.6) is 0 Å². The van der Waals surface area contributed by atoms with E-state index in [0.29, 0.717) is 11.8 Å². The van der Waals surface area contributed by atoms with Gasteiger partial charge in [0.25, 0.3) is 5.89 Å². The van der Waals surface area contributed by atoms with Gasteiger partial charge in [0.05, 0.1) is 10.1 Å². The highest BCUT2D eigenvalue weighted by molar-refractivity contribution is 7.99. The summed E-state index contributed by atoms with van der Waals surface area (Å²) in [6, 6.07) is 12.1. The lowest BCUT2D eigenvalue weighted by molar-refractivity contribution is 0.509. The fourth-order valence-electron chi connectivity index (χ4n) is 2.58. The van der Waals surface area contributed by atoms with Crippen molar-refractivity contribution < 1.29 is 4.42 Å². The molecule has 0 unspecified atom stereocenters. The smallest absolute Gasteiger partial charge is 0.257 e. The summed E-state index contributed by atoms with van der Waals surface area (Å²) in [5, 5.41) is 19.8. The molecule has 1 aromatic carbocycles. The molecule has 0 saturated heterocycles. The van der Waals surface area contributed by atoms with Crippen molar-refractivity contribution in [2.75, 3.05) is 0 Å². The molecule has 0 spiro atoms. The predicted molar refractivity (Wildman–Crippen MR) is 103 cm³/mol. The Kier molecular flexibility index (Phi) is 4.60. The number of hydrogen-bond acceptors (Lipinski definition) is 7. The van der Waals surface area contributed by atoms with Crippen molar-refractivity contribution in [1.29, 1.82) is 0 Å². The first kappa shape index (κ1) is 17.0. The van der Waals surface area contributed by atoms with Crippen molar-refractivity contribution in [3.63, 3.8) is 0 Å². The van der Waals surface area contributed by atoms with Crippen molar-refractivity contribution >= 4 is 23.1 Å². The molecule has 132 valence electrons. The third-order valence-corrected chi connectivity index (χ3v) is 6.00. The molecule has 0 bridgehead atoms. The summed E-state index contributed by atoms with van der Waals surface area (Å²) < 4.78 is 7.82. The van der Waals surface area contributed by atoms with Gasteiger partial charge in [-0.05, 0) is 30.9 Å². The number of nitrogens with zero attached hydrogens (tertiary/aromatic N) is 5. The van der Waals surface area contributed by atoms with E-state index in [-0.39, 0.29) is 5.25 Å². The first-order valence-electron chi connectivity index (χ1n) is 8.13. The third-order valence-electron chi connectivity index (χ3n) is 4.02. The minimum Gasteiger partial charge on any atom is -0.419 e. The van der Waals surface area contributed by atoms with Gasteiger partial charge in [0.1, 0.15) is 0 Å². The molecule has 6 nitrogen and oxygen atoms in total. The Hall–Kier alpha value is -2.45. The number of aromatic nitrogens is 5. The molecule has 0 aliphatic rings. The second kappa shape index (κ2) is 7.05. The molecule has 4 rings (SSSR count). The Balaban J connectivity index is 1.55. The summed E-state index contributed by atoms with van der Waals surface area (Å²) in [6.07, 6.45) is 0. The molecule has 26 heavy (non-hydrogen) atoms. The van der Waals surface area contributed by atoms with Crippen LogP contribution in [0.3, 0.4) is 0 Å². The van der Waals surface area contributed by atoms with E-state index in [1.54, 1.807) is 23.1 Å². The Morgan fingerprint density at radius 2 is 1.92 bits per heavy atom. The first-order valence-corrected chi connectivity index (χ1v) is 9.88. The molecule has 3 aromatic heterocycles. The fourth-order valence-corrected chi connectivity index (χ4v) is 4.07. The van der Waals surface area contributed by atoms with Gasteiger partial charge in [0.15, 0.2) is 11.0 Å². The Morgan fingerprint density at radius 1 is 1.08 bits per heavy atom. The predicted octanol–water partition coefficient (Wildman–Crippen LogP) is 4.76. The van der Waals surface area contributed by atoms with Crippen LogP contribution in [0.4, 0.5) is 0 Å². The molecule has 0 saturated carbocycles. The minimum absolute atomic E-state index is 0.0242. The molecule has 1 atom stereocenters. The average molecular weight is 384 g/mol. The largest absolute Gasteiger partial charge is 0.419 e. The molecule has 4 aromatic rings. The van der Waals surface area contributed by atoms with Crippen molar-refractivity contribution in [1.82, 2.24) is 25.0 Å². The van der Waals surface area contributed by atoms with E-state index in [2.05, 4.69) is 39.5 Å². The number of thioether (sulfide) groups is 1. The van der Waals surface area contributed by atoms with Crippen LogP contribution < -0.4 is 0 Å². The lowest BCUT2D eigenvalue weighted by atomic mass is 10.1. The Morgan fingerprint density at radius 3 is 2.69 bits per heavy atom. The van der Waals surface area contributed by atoms with E-state index in [0.717, 1.165) is 21.4 Å². The SMILES string of the molecule is Cc1ccccc1-c1nnc(S[C@@H](C)c2nnc(-c3cccs3)o2)n1C. The third kappa shape index (κ3) is 3.17. The van der Waals surface area contributed by atoms with Gasteiger partial charge in [0, 0.05) is 12.6 Å². The van der Waals surface area contributed by atoms with Crippen LogP contribution in [-0.4, -0.2) is 25.0 Å². The fraction of sp³-hybridized carbons (Fsp3) is 0.222. The summed E-state index contributed by atoms with van der Waals surface area (Å²) in [5.41, 5.74) is 2.25. The maximum atomic E-state index is 5.82. The quantitative estimate of drug-likeness (QED) is 0.463. The number of hydrogen-bond donors (Lipinski definition) is 0. The van der Waals surface area contributed by atoms with Crippen LogP contribution in [0.2, 0.25) is 0 Å². The first-order chi connectivity index (χ1) is 12.6. The molecule has 0 aliphatic carbocycles.